The fraction of sp³-hybridized carbons (Fsp3) is 0.500. The van der Waals surface area contributed by atoms with Crippen molar-refractivity contribution in [1.82, 2.24) is 14.8 Å². The highest BCUT2D eigenvalue weighted by Gasteiger charge is 2.24. The van der Waals surface area contributed by atoms with Gasteiger partial charge in [-0.05, 0) is 19.4 Å². The van der Waals surface area contributed by atoms with Crippen molar-refractivity contribution in [1.29, 1.82) is 0 Å². The number of hydrogen-bond acceptors (Lipinski definition) is 3. The third kappa shape index (κ3) is 3.07. The molecule has 0 unspecified atom stereocenters. The molecule has 2 heterocycles. The molecule has 2 amide bonds. The van der Waals surface area contributed by atoms with E-state index in [1.54, 1.807) is 24.2 Å². The number of likely N-dealkylation sites (tertiary alicyclic amines) is 1. The molecule has 0 aromatic carbocycles. The number of nitrogens with one attached hydrogen (secondary N) is 1. The van der Waals surface area contributed by atoms with Gasteiger partial charge < -0.3 is 14.8 Å². The topological polar surface area (TPSA) is 71.4 Å². The first-order valence-corrected chi connectivity index (χ1v) is 6.76. The lowest BCUT2D eigenvalue weighted by atomic mass is 10.1. The van der Waals surface area contributed by atoms with Crippen molar-refractivity contribution in [3.63, 3.8) is 0 Å². The molecule has 20 heavy (non-hydrogen) atoms. The number of amides is 2. The van der Waals surface area contributed by atoms with E-state index in [0.29, 0.717) is 31.5 Å². The SMILES string of the molecule is CCn1ccc(C(=O)N[C@H]2CCC(=O)N(C)C2)cc1=O. The van der Waals surface area contributed by atoms with E-state index in [-0.39, 0.29) is 23.4 Å². The van der Waals surface area contributed by atoms with Crippen LogP contribution < -0.4 is 10.9 Å². The van der Waals surface area contributed by atoms with E-state index in [0.717, 1.165) is 0 Å². The zero-order valence-electron chi connectivity index (χ0n) is 11.8. The van der Waals surface area contributed by atoms with Crippen LogP contribution in [0.5, 0.6) is 0 Å². The third-order valence-electron chi connectivity index (χ3n) is 3.56. The van der Waals surface area contributed by atoms with Gasteiger partial charge in [-0.15, -0.1) is 0 Å². The Kier molecular flexibility index (Phi) is 4.22. The molecule has 1 aliphatic rings. The molecule has 108 valence electrons. The van der Waals surface area contributed by atoms with Crippen molar-refractivity contribution >= 4 is 11.8 Å². The summed E-state index contributed by atoms with van der Waals surface area (Å²) in [6.07, 6.45) is 2.70. The Hall–Kier alpha value is -2.11. The maximum absolute atomic E-state index is 12.1. The Morgan fingerprint density at radius 3 is 2.80 bits per heavy atom. The molecule has 1 atom stereocenters. The van der Waals surface area contributed by atoms with Crippen LogP contribution in [0.2, 0.25) is 0 Å². The van der Waals surface area contributed by atoms with Crippen molar-refractivity contribution in [2.75, 3.05) is 13.6 Å². The molecular formula is C14H19N3O3. The average molecular weight is 277 g/mol. The van der Waals surface area contributed by atoms with E-state index in [1.165, 1.54) is 10.6 Å². The highest BCUT2D eigenvalue weighted by Crippen LogP contribution is 2.10. The van der Waals surface area contributed by atoms with Gasteiger partial charge in [-0.1, -0.05) is 0 Å². The number of piperidine rings is 1. The van der Waals surface area contributed by atoms with Crippen LogP contribution in [0.3, 0.4) is 0 Å². The van der Waals surface area contributed by atoms with E-state index in [2.05, 4.69) is 5.32 Å². The van der Waals surface area contributed by atoms with Crippen LogP contribution in [0.1, 0.15) is 30.1 Å². The molecule has 0 radical (unpaired) electrons. The fourth-order valence-electron chi connectivity index (χ4n) is 2.31. The van der Waals surface area contributed by atoms with Gasteiger partial charge in [-0.2, -0.15) is 0 Å². The first kappa shape index (κ1) is 14.3. The molecule has 6 heteroatoms. The van der Waals surface area contributed by atoms with Crippen LogP contribution in [0.15, 0.2) is 23.1 Å². The van der Waals surface area contributed by atoms with Gasteiger partial charge in [0.05, 0.1) is 0 Å². The second kappa shape index (κ2) is 5.90. The van der Waals surface area contributed by atoms with E-state index < -0.39 is 0 Å². The summed E-state index contributed by atoms with van der Waals surface area (Å²) < 4.78 is 1.53. The average Bonchev–Trinajstić information content (AvgIpc) is 2.42. The van der Waals surface area contributed by atoms with Crippen molar-refractivity contribution in [3.05, 3.63) is 34.2 Å². The van der Waals surface area contributed by atoms with Crippen LogP contribution in [0.25, 0.3) is 0 Å². The molecule has 1 aromatic rings. The maximum Gasteiger partial charge on any atom is 0.251 e. The van der Waals surface area contributed by atoms with Gasteiger partial charge in [0, 0.05) is 50.4 Å². The van der Waals surface area contributed by atoms with Crippen LogP contribution in [-0.4, -0.2) is 40.9 Å². The molecule has 1 N–H and O–H groups in total. The molecule has 0 aliphatic carbocycles. The Labute approximate surface area is 117 Å². The molecule has 1 aliphatic heterocycles. The monoisotopic (exact) mass is 277 g/mol. The maximum atomic E-state index is 12.1. The molecular weight excluding hydrogens is 258 g/mol. The summed E-state index contributed by atoms with van der Waals surface area (Å²) in [6.45, 7) is 2.96. The van der Waals surface area contributed by atoms with Gasteiger partial charge in [-0.25, -0.2) is 0 Å². The largest absolute Gasteiger partial charge is 0.348 e. The Morgan fingerprint density at radius 1 is 1.45 bits per heavy atom. The number of aromatic nitrogens is 1. The van der Waals surface area contributed by atoms with Gasteiger partial charge in [-0.3, -0.25) is 14.4 Å². The third-order valence-corrected chi connectivity index (χ3v) is 3.56. The molecule has 6 nitrogen and oxygen atoms in total. The molecule has 0 bridgehead atoms. The predicted octanol–water partition coefficient (Wildman–Crippen LogP) is 0.219. The number of rotatable bonds is 3. The summed E-state index contributed by atoms with van der Waals surface area (Å²) >= 11 is 0. The lowest BCUT2D eigenvalue weighted by Crippen LogP contribution is -2.48. The first-order chi connectivity index (χ1) is 9.51. The number of carbonyl (C=O) groups excluding carboxylic acids is 2. The molecule has 0 saturated carbocycles. The summed E-state index contributed by atoms with van der Waals surface area (Å²) in [5.74, 6) is -0.167. The molecule has 1 aromatic heterocycles. The normalized spacial score (nSPS) is 19.0. The van der Waals surface area contributed by atoms with Gasteiger partial charge in [0.2, 0.25) is 5.91 Å². The summed E-state index contributed by atoms with van der Waals surface area (Å²) in [6, 6.07) is 2.92. The number of carbonyl (C=O) groups is 2. The van der Waals surface area contributed by atoms with E-state index in [1.807, 2.05) is 6.92 Å². The number of nitrogens with zero attached hydrogens (tertiary/aromatic N) is 2. The minimum atomic E-state index is -0.266. The molecule has 2 rings (SSSR count). The number of likely N-dealkylation sites (N-methyl/N-ethyl adjacent to an activating group) is 1. The zero-order chi connectivity index (χ0) is 14.7. The van der Waals surface area contributed by atoms with Crippen molar-refractivity contribution < 1.29 is 9.59 Å². The van der Waals surface area contributed by atoms with Gasteiger partial charge in [0.1, 0.15) is 0 Å². The van der Waals surface area contributed by atoms with Crippen LogP contribution in [-0.2, 0) is 11.3 Å². The minimum Gasteiger partial charge on any atom is -0.348 e. The van der Waals surface area contributed by atoms with E-state index in [4.69, 9.17) is 0 Å². The highest BCUT2D eigenvalue weighted by molar-refractivity contribution is 5.94. The van der Waals surface area contributed by atoms with E-state index >= 15 is 0 Å². The fourth-order valence-corrected chi connectivity index (χ4v) is 2.31. The number of aryl methyl sites for hydroxylation is 1. The highest BCUT2D eigenvalue weighted by atomic mass is 16.2. The van der Waals surface area contributed by atoms with Gasteiger partial charge >= 0.3 is 0 Å². The second-order valence-corrected chi connectivity index (χ2v) is 5.02. The Morgan fingerprint density at radius 2 is 2.20 bits per heavy atom. The Balaban J connectivity index is 2.03. The lowest BCUT2D eigenvalue weighted by molar-refractivity contribution is -0.132. The van der Waals surface area contributed by atoms with Crippen molar-refractivity contribution in [2.45, 2.75) is 32.4 Å². The van der Waals surface area contributed by atoms with Gasteiger partial charge in [0.15, 0.2) is 0 Å². The van der Waals surface area contributed by atoms with Crippen molar-refractivity contribution in [3.8, 4) is 0 Å². The number of hydrogen-bond donors (Lipinski definition) is 1. The summed E-state index contributed by atoms with van der Waals surface area (Å²) in [5, 5.41) is 2.87. The zero-order valence-corrected chi connectivity index (χ0v) is 11.8. The lowest BCUT2D eigenvalue weighted by Gasteiger charge is -2.30. The first-order valence-electron chi connectivity index (χ1n) is 6.76. The van der Waals surface area contributed by atoms with Gasteiger partial charge in [0.25, 0.3) is 11.5 Å². The summed E-state index contributed by atoms with van der Waals surface area (Å²) in [7, 11) is 1.73. The smallest absolute Gasteiger partial charge is 0.251 e. The Bertz CT molecular complexity index is 579. The van der Waals surface area contributed by atoms with Crippen molar-refractivity contribution in [2.24, 2.45) is 0 Å². The standard InChI is InChI=1S/C14H19N3O3/c1-3-17-7-6-10(8-13(17)19)14(20)15-11-4-5-12(18)16(2)9-11/h6-8,11H,3-5,9H2,1-2H3,(H,15,20)/t11-/m0/s1. The minimum absolute atomic E-state index is 0.0567. The molecule has 0 spiro atoms. The molecule has 1 fully saturated rings. The molecule has 1 saturated heterocycles. The van der Waals surface area contributed by atoms with Crippen LogP contribution in [0.4, 0.5) is 0 Å². The number of pyridine rings is 1. The second-order valence-electron chi connectivity index (χ2n) is 5.02. The van der Waals surface area contributed by atoms with Crippen LogP contribution >= 0.6 is 0 Å². The summed E-state index contributed by atoms with van der Waals surface area (Å²) in [4.78, 5) is 36.8. The van der Waals surface area contributed by atoms with E-state index in [9.17, 15) is 14.4 Å². The summed E-state index contributed by atoms with van der Waals surface area (Å²) in [5.41, 5.74) is 0.176. The predicted molar refractivity (Wildman–Crippen MR) is 74.5 cm³/mol. The quantitative estimate of drug-likeness (QED) is 0.859. The van der Waals surface area contributed by atoms with Crippen LogP contribution in [0, 0.1) is 0 Å².